The second-order valence-corrected chi connectivity index (χ2v) is 5.35. The van der Waals surface area contributed by atoms with Gasteiger partial charge in [-0.2, -0.15) is 0 Å². The number of halogens is 1. The van der Waals surface area contributed by atoms with E-state index in [1.165, 1.54) is 0 Å². The molecule has 6 heteroatoms. The molecule has 2 aliphatic rings. The molecule has 5 nitrogen and oxygen atoms in total. The zero-order valence-electron chi connectivity index (χ0n) is 10.4. The average molecular weight is 283 g/mol. The molecule has 0 saturated heterocycles. The SMILES string of the molecule is NC1(C(=O)Nc2cc3c(cc2Cl)OCCO3)CCC1. The van der Waals surface area contributed by atoms with E-state index in [9.17, 15) is 4.79 Å². The predicted octanol–water partition coefficient (Wildman–Crippen LogP) is 1.93. The van der Waals surface area contributed by atoms with Crippen LogP contribution in [0, 0.1) is 0 Å². The Balaban J connectivity index is 1.82. The van der Waals surface area contributed by atoms with Crippen molar-refractivity contribution >= 4 is 23.2 Å². The first-order valence-corrected chi connectivity index (χ1v) is 6.66. The maximum Gasteiger partial charge on any atom is 0.244 e. The van der Waals surface area contributed by atoms with Gasteiger partial charge in [-0.1, -0.05) is 11.6 Å². The van der Waals surface area contributed by atoms with Gasteiger partial charge in [-0.3, -0.25) is 4.79 Å². The number of hydrogen-bond donors (Lipinski definition) is 2. The molecule has 1 fully saturated rings. The van der Waals surface area contributed by atoms with Crippen LogP contribution in [0.1, 0.15) is 19.3 Å². The monoisotopic (exact) mass is 282 g/mol. The predicted molar refractivity (Wildman–Crippen MR) is 71.8 cm³/mol. The van der Waals surface area contributed by atoms with E-state index in [1.807, 2.05) is 0 Å². The summed E-state index contributed by atoms with van der Waals surface area (Å²) in [5.41, 5.74) is 5.72. The summed E-state index contributed by atoms with van der Waals surface area (Å²) in [4.78, 5) is 12.1. The molecule has 0 bridgehead atoms. The van der Waals surface area contributed by atoms with Gasteiger partial charge < -0.3 is 20.5 Å². The number of amides is 1. The zero-order valence-corrected chi connectivity index (χ0v) is 11.1. The molecule has 1 aromatic rings. The molecular weight excluding hydrogens is 268 g/mol. The van der Waals surface area contributed by atoms with Gasteiger partial charge >= 0.3 is 0 Å². The largest absolute Gasteiger partial charge is 0.486 e. The molecule has 0 aromatic heterocycles. The second-order valence-electron chi connectivity index (χ2n) is 4.94. The summed E-state index contributed by atoms with van der Waals surface area (Å²) < 4.78 is 10.9. The summed E-state index contributed by atoms with van der Waals surface area (Å²) in [6.45, 7) is 0.990. The Kier molecular flexibility index (Phi) is 3.03. The number of nitrogens with one attached hydrogen (secondary N) is 1. The number of hydrogen-bond acceptors (Lipinski definition) is 4. The molecule has 1 aliphatic carbocycles. The van der Waals surface area contributed by atoms with Crippen LogP contribution < -0.4 is 20.5 Å². The number of carbonyl (C=O) groups is 1. The summed E-state index contributed by atoms with van der Waals surface area (Å²) in [5.74, 6) is 0.989. The standard InChI is InChI=1S/C13H15ClN2O3/c14-8-6-10-11(19-5-4-18-10)7-9(8)16-12(17)13(15)2-1-3-13/h6-7H,1-5,15H2,(H,16,17). The maximum atomic E-state index is 12.1. The first kappa shape index (κ1) is 12.6. The minimum Gasteiger partial charge on any atom is -0.486 e. The first-order valence-electron chi connectivity index (χ1n) is 6.28. The summed E-state index contributed by atoms with van der Waals surface area (Å²) in [6.07, 6.45) is 2.40. The molecule has 3 N–H and O–H groups in total. The molecule has 19 heavy (non-hydrogen) atoms. The highest BCUT2D eigenvalue weighted by Crippen LogP contribution is 2.39. The molecule has 0 atom stereocenters. The van der Waals surface area contributed by atoms with Gasteiger partial charge in [0.25, 0.3) is 0 Å². The third-order valence-corrected chi connectivity index (χ3v) is 3.89. The van der Waals surface area contributed by atoms with Crippen LogP contribution in [0.2, 0.25) is 5.02 Å². The van der Waals surface area contributed by atoms with Crippen LogP contribution in [-0.2, 0) is 4.79 Å². The van der Waals surface area contributed by atoms with Gasteiger partial charge in [0.15, 0.2) is 11.5 Å². The van der Waals surface area contributed by atoms with E-state index in [4.69, 9.17) is 26.8 Å². The molecular formula is C13H15ClN2O3. The molecule has 1 aromatic carbocycles. The van der Waals surface area contributed by atoms with Crippen LogP contribution in [0.3, 0.4) is 0 Å². The van der Waals surface area contributed by atoms with E-state index in [-0.39, 0.29) is 5.91 Å². The van der Waals surface area contributed by atoms with Gasteiger partial charge in [-0.25, -0.2) is 0 Å². The fourth-order valence-electron chi connectivity index (χ4n) is 2.19. The highest BCUT2D eigenvalue weighted by molar-refractivity contribution is 6.34. The Bertz CT molecular complexity index is 529. The van der Waals surface area contributed by atoms with Crippen LogP contribution in [-0.4, -0.2) is 24.7 Å². The minimum atomic E-state index is -0.753. The lowest BCUT2D eigenvalue weighted by Crippen LogP contribution is -2.56. The van der Waals surface area contributed by atoms with Gasteiger partial charge in [0.05, 0.1) is 16.2 Å². The van der Waals surface area contributed by atoms with E-state index in [0.29, 0.717) is 48.3 Å². The van der Waals surface area contributed by atoms with E-state index < -0.39 is 5.54 Å². The smallest absolute Gasteiger partial charge is 0.244 e. The van der Waals surface area contributed by atoms with Crippen LogP contribution >= 0.6 is 11.6 Å². The van der Waals surface area contributed by atoms with Crippen molar-refractivity contribution in [1.82, 2.24) is 0 Å². The Morgan fingerprint density at radius 3 is 2.47 bits per heavy atom. The molecule has 1 saturated carbocycles. The van der Waals surface area contributed by atoms with Crippen molar-refractivity contribution in [1.29, 1.82) is 0 Å². The van der Waals surface area contributed by atoms with E-state index in [1.54, 1.807) is 12.1 Å². The molecule has 0 unspecified atom stereocenters. The average Bonchev–Trinajstić information content (AvgIpc) is 2.36. The summed E-state index contributed by atoms with van der Waals surface area (Å²) in [7, 11) is 0. The van der Waals surface area contributed by atoms with Crippen molar-refractivity contribution < 1.29 is 14.3 Å². The Morgan fingerprint density at radius 1 is 1.26 bits per heavy atom. The highest BCUT2D eigenvalue weighted by atomic mass is 35.5. The van der Waals surface area contributed by atoms with Gasteiger partial charge in [0, 0.05) is 12.1 Å². The molecule has 3 rings (SSSR count). The molecule has 1 amide bonds. The molecule has 0 spiro atoms. The highest BCUT2D eigenvalue weighted by Gasteiger charge is 2.40. The summed E-state index contributed by atoms with van der Waals surface area (Å²) >= 11 is 6.13. The van der Waals surface area contributed by atoms with Gasteiger partial charge in [0.1, 0.15) is 13.2 Å². The fraction of sp³-hybridized carbons (Fsp3) is 0.462. The van der Waals surface area contributed by atoms with Crippen molar-refractivity contribution in [2.24, 2.45) is 5.73 Å². The number of ether oxygens (including phenoxy) is 2. The van der Waals surface area contributed by atoms with E-state index >= 15 is 0 Å². The van der Waals surface area contributed by atoms with E-state index in [2.05, 4.69) is 5.32 Å². The van der Waals surface area contributed by atoms with Crippen LogP contribution in [0.4, 0.5) is 5.69 Å². The van der Waals surface area contributed by atoms with Crippen molar-refractivity contribution in [2.75, 3.05) is 18.5 Å². The van der Waals surface area contributed by atoms with Crippen LogP contribution in [0.15, 0.2) is 12.1 Å². The van der Waals surface area contributed by atoms with Crippen molar-refractivity contribution in [2.45, 2.75) is 24.8 Å². The number of rotatable bonds is 2. The van der Waals surface area contributed by atoms with Crippen LogP contribution in [0.5, 0.6) is 11.5 Å². The van der Waals surface area contributed by atoms with Crippen molar-refractivity contribution in [3.63, 3.8) is 0 Å². The lowest BCUT2D eigenvalue weighted by atomic mass is 9.77. The maximum absolute atomic E-state index is 12.1. The Morgan fingerprint density at radius 2 is 1.89 bits per heavy atom. The Labute approximate surface area is 116 Å². The minimum absolute atomic E-state index is 0.197. The number of carbonyl (C=O) groups excluding carboxylic acids is 1. The number of fused-ring (bicyclic) bond motifs is 1. The van der Waals surface area contributed by atoms with Gasteiger partial charge in [-0.15, -0.1) is 0 Å². The molecule has 1 heterocycles. The van der Waals surface area contributed by atoms with Gasteiger partial charge in [-0.05, 0) is 19.3 Å². The first-order chi connectivity index (χ1) is 9.08. The van der Waals surface area contributed by atoms with E-state index in [0.717, 1.165) is 6.42 Å². The zero-order chi connectivity index (χ0) is 13.5. The quantitative estimate of drug-likeness (QED) is 0.869. The summed E-state index contributed by atoms with van der Waals surface area (Å²) in [5, 5.41) is 3.19. The second kappa shape index (κ2) is 4.58. The third-order valence-electron chi connectivity index (χ3n) is 3.58. The normalized spacial score (nSPS) is 19.5. The third kappa shape index (κ3) is 2.24. The number of benzene rings is 1. The number of nitrogens with two attached hydrogens (primary N) is 1. The number of anilines is 1. The fourth-order valence-corrected chi connectivity index (χ4v) is 2.39. The molecule has 1 aliphatic heterocycles. The summed E-state index contributed by atoms with van der Waals surface area (Å²) in [6, 6.07) is 3.33. The topological polar surface area (TPSA) is 73.6 Å². The van der Waals surface area contributed by atoms with Gasteiger partial charge in [0.2, 0.25) is 5.91 Å². The van der Waals surface area contributed by atoms with Crippen molar-refractivity contribution in [3.8, 4) is 11.5 Å². The molecule has 0 radical (unpaired) electrons. The van der Waals surface area contributed by atoms with Crippen molar-refractivity contribution in [3.05, 3.63) is 17.2 Å². The Hall–Kier alpha value is -1.46. The van der Waals surface area contributed by atoms with Crippen LogP contribution in [0.25, 0.3) is 0 Å². The molecule has 102 valence electrons. The lowest BCUT2D eigenvalue weighted by Gasteiger charge is -2.36. The lowest BCUT2D eigenvalue weighted by molar-refractivity contribution is -0.123.